The van der Waals surface area contributed by atoms with Crippen LogP contribution in [0.15, 0.2) is 16.9 Å². The normalized spacial score (nSPS) is 12.2. The number of pyridine rings is 1. The van der Waals surface area contributed by atoms with Gasteiger partial charge >= 0.3 is 0 Å². The van der Waals surface area contributed by atoms with E-state index in [2.05, 4.69) is 37.8 Å². The van der Waals surface area contributed by atoms with E-state index in [0.717, 1.165) is 24.2 Å². The molecular formula is C13H19N3O. The van der Waals surface area contributed by atoms with Crippen molar-refractivity contribution in [2.24, 2.45) is 0 Å². The van der Waals surface area contributed by atoms with Gasteiger partial charge in [0.25, 0.3) is 5.56 Å². The summed E-state index contributed by atoms with van der Waals surface area (Å²) in [7, 11) is 0. The fraction of sp³-hybridized carbons (Fsp3) is 0.538. The van der Waals surface area contributed by atoms with E-state index in [1.807, 2.05) is 6.07 Å². The zero-order valence-corrected chi connectivity index (χ0v) is 10.9. The van der Waals surface area contributed by atoms with Gasteiger partial charge in [-0.15, -0.1) is 0 Å². The fourth-order valence-corrected chi connectivity index (χ4v) is 1.82. The van der Waals surface area contributed by atoms with Crippen LogP contribution in [0.3, 0.4) is 0 Å². The molecule has 2 heterocycles. The topological polar surface area (TPSA) is 50.2 Å². The summed E-state index contributed by atoms with van der Waals surface area (Å²) in [5, 5.41) is 3.07. The second-order valence-electron chi connectivity index (χ2n) is 5.47. The number of aromatic amines is 1. The van der Waals surface area contributed by atoms with Crippen molar-refractivity contribution in [3.8, 4) is 0 Å². The van der Waals surface area contributed by atoms with Gasteiger partial charge in [0.05, 0.1) is 0 Å². The van der Waals surface area contributed by atoms with Crippen molar-refractivity contribution in [3.63, 3.8) is 0 Å². The lowest BCUT2D eigenvalue weighted by Crippen LogP contribution is -2.16. The number of nitrogens with zero attached hydrogens (tertiary/aromatic N) is 2. The first-order valence-corrected chi connectivity index (χ1v) is 6.04. The molecule has 4 nitrogen and oxygen atoms in total. The molecule has 0 unspecified atom stereocenters. The van der Waals surface area contributed by atoms with E-state index in [0.29, 0.717) is 5.65 Å². The second kappa shape index (κ2) is 4.02. The predicted molar refractivity (Wildman–Crippen MR) is 68.5 cm³/mol. The van der Waals surface area contributed by atoms with E-state index in [1.54, 1.807) is 6.07 Å². The first kappa shape index (κ1) is 11.9. The number of H-pyrrole nitrogens is 1. The molecule has 0 saturated carbocycles. The van der Waals surface area contributed by atoms with Crippen molar-refractivity contribution in [1.82, 2.24) is 14.6 Å². The molecule has 0 saturated heterocycles. The highest BCUT2D eigenvalue weighted by Crippen LogP contribution is 2.18. The van der Waals surface area contributed by atoms with Crippen molar-refractivity contribution < 1.29 is 0 Å². The summed E-state index contributed by atoms with van der Waals surface area (Å²) in [6, 6.07) is 3.66. The molecule has 2 aromatic heterocycles. The van der Waals surface area contributed by atoms with Crippen LogP contribution in [-0.4, -0.2) is 14.6 Å². The van der Waals surface area contributed by atoms with E-state index in [1.165, 1.54) is 4.52 Å². The molecule has 0 spiro atoms. The highest BCUT2D eigenvalue weighted by atomic mass is 16.1. The standard InChI is InChI=1S/C13H19N3O/c1-5-6-9-7-10-14-12(13(2,3)4)15-16(10)11(17)8-9/h7-8H,5-6H2,1-4H3,(H,14,15). The molecule has 2 rings (SSSR count). The molecule has 0 aliphatic rings. The summed E-state index contributed by atoms with van der Waals surface area (Å²) in [6.45, 7) is 8.32. The van der Waals surface area contributed by atoms with Crippen LogP contribution in [0.4, 0.5) is 0 Å². The molecular weight excluding hydrogens is 214 g/mol. The molecule has 2 aromatic rings. The fourth-order valence-electron chi connectivity index (χ4n) is 1.82. The number of fused-ring (bicyclic) bond motifs is 1. The zero-order chi connectivity index (χ0) is 12.6. The quantitative estimate of drug-likeness (QED) is 0.865. The van der Waals surface area contributed by atoms with E-state index in [-0.39, 0.29) is 11.0 Å². The maximum absolute atomic E-state index is 11.9. The lowest BCUT2D eigenvalue weighted by atomic mass is 9.96. The number of aryl methyl sites for hydroxylation is 1. The highest BCUT2D eigenvalue weighted by Gasteiger charge is 2.18. The molecule has 4 heteroatoms. The largest absolute Gasteiger partial charge is 0.276 e. The van der Waals surface area contributed by atoms with Gasteiger partial charge in [0.1, 0.15) is 5.82 Å². The Balaban J connectivity index is 2.61. The highest BCUT2D eigenvalue weighted by molar-refractivity contribution is 5.41. The van der Waals surface area contributed by atoms with Crippen molar-refractivity contribution in [2.75, 3.05) is 0 Å². The van der Waals surface area contributed by atoms with Crippen molar-refractivity contribution in [3.05, 3.63) is 33.9 Å². The lowest BCUT2D eigenvalue weighted by molar-refractivity contribution is 0.544. The molecule has 0 radical (unpaired) electrons. The lowest BCUT2D eigenvalue weighted by Gasteiger charge is -2.12. The number of nitrogens with one attached hydrogen (secondary N) is 1. The zero-order valence-electron chi connectivity index (χ0n) is 10.9. The van der Waals surface area contributed by atoms with Gasteiger partial charge < -0.3 is 0 Å². The van der Waals surface area contributed by atoms with Crippen LogP contribution in [0.2, 0.25) is 0 Å². The summed E-state index contributed by atoms with van der Waals surface area (Å²) >= 11 is 0. The molecule has 0 aliphatic carbocycles. The predicted octanol–water partition coefficient (Wildman–Crippen LogP) is 2.27. The third-order valence-electron chi connectivity index (χ3n) is 2.77. The maximum Gasteiger partial charge on any atom is 0.271 e. The Kier molecular flexibility index (Phi) is 2.81. The number of hydrogen-bond donors (Lipinski definition) is 1. The Labute approximate surface area is 101 Å². The minimum absolute atomic E-state index is 0.0334. The van der Waals surface area contributed by atoms with Crippen LogP contribution in [0.25, 0.3) is 5.65 Å². The van der Waals surface area contributed by atoms with Crippen molar-refractivity contribution >= 4 is 5.65 Å². The average Bonchev–Trinajstić information content (AvgIpc) is 2.61. The van der Waals surface area contributed by atoms with E-state index >= 15 is 0 Å². The van der Waals surface area contributed by atoms with E-state index < -0.39 is 0 Å². The SMILES string of the molecule is CCCc1cc(=O)n2[nH]c(C(C)(C)C)nc2c1. The molecule has 0 fully saturated rings. The monoisotopic (exact) mass is 233 g/mol. The Morgan fingerprint density at radius 3 is 2.65 bits per heavy atom. The molecule has 0 atom stereocenters. The molecule has 17 heavy (non-hydrogen) atoms. The van der Waals surface area contributed by atoms with Gasteiger partial charge in [-0.05, 0) is 18.1 Å². The third-order valence-corrected chi connectivity index (χ3v) is 2.77. The molecule has 0 bridgehead atoms. The van der Waals surface area contributed by atoms with Gasteiger partial charge in [0.2, 0.25) is 0 Å². The minimum atomic E-state index is -0.0800. The summed E-state index contributed by atoms with van der Waals surface area (Å²) in [6.07, 6.45) is 1.95. The van der Waals surface area contributed by atoms with Gasteiger partial charge in [0, 0.05) is 11.5 Å². The Morgan fingerprint density at radius 1 is 1.35 bits per heavy atom. The summed E-state index contributed by atoms with van der Waals surface area (Å²) < 4.78 is 1.51. The smallest absolute Gasteiger partial charge is 0.271 e. The van der Waals surface area contributed by atoms with Crippen LogP contribution in [-0.2, 0) is 11.8 Å². The number of aromatic nitrogens is 3. The Hall–Kier alpha value is -1.58. The van der Waals surface area contributed by atoms with Crippen LogP contribution in [0.5, 0.6) is 0 Å². The van der Waals surface area contributed by atoms with Crippen LogP contribution >= 0.6 is 0 Å². The van der Waals surface area contributed by atoms with Crippen LogP contribution in [0.1, 0.15) is 45.5 Å². The van der Waals surface area contributed by atoms with Gasteiger partial charge in [-0.1, -0.05) is 34.1 Å². The first-order valence-electron chi connectivity index (χ1n) is 6.04. The van der Waals surface area contributed by atoms with E-state index in [9.17, 15) is 4.79 Å². The second-order valence-corrected chi connectivity index (χ2v) is 5.47. The molecule has 92 valence electrons. The molecule has 1 N–H and O–H groups in total. The molecule has 0 amide bonds. The van der Waals surface area contributed by atoms with Gasteiger partial charge in [-0.2, -0.15) is 0 Å². The number of rotatable bonds is 2. The van der Waals surface area contributed by atoms with Crippen LogP contribution < -0.4 is 5.56 Å². The summed E-state index contributed by atoms with van der Waals surface area (Å²) in [4.78, 5) is 16.4. The average molecular weight is 233 g/mol. The molecule has 0 aliphatic heterocycles. The Morgan fingerprint density at radius 2 is 2.06 bits per heavy atom. The van der Waals surface area contributed by atoms with Crippen molar-refractivity contribution in [1.29, 1.82) is 0 Å². The summed E-state index contributed by atoms with van der Waals surface area (Å²) in [5.41, 5.74) is 1.66. The van der Waals surface area contributed by atoms with Gasteiger partial charge in [-0.25, -0.2) is 9.50 Å². The summed E-state index contributed by atoms with van der Waals surface area (Å²) in [5.74, 6) is 0.836. The minimum Gasteiger partial charge on any atom is -0.276 e. The van der Waals surface area contributed by atoms with E-state index in [4.69, 9.17) is 0 Å². The first-order chi connectivity index (χ1) is 7.91. The third kappa shape index (κ3) is 2.25. The van der Waals surface area contributed by atoms with Gasteiger partial charge in [-0.3, -0.25) is 9.89 Å². The van der Waals surface area contributed by atoms with Gasteiger partial charge in [0.15, 0.2) is 5.65 Å². The van der Waals surface area contributed by atoms with Crippen molar-refractivity contribution in [2.45, 2.75) is 46.0 Å². The number of hydrogen-bond acceptors (Lipinski definition) is 2. The molecule has 0 aromatic carbocycles. The van der Waals surface area contributed by atoms with Crippen LogP contribution in [0, 0.1) is 0 Å². The Bertz CT molecular complexity index is 587. The maximum atomic E-state index is 11.9.